The minimum atomic E-state index is -1.18. The minimum absolute atomic E-state index is 0.252. The molecule has 2 heterocycles. The Morgan fingerprint density at radius 1 is 1.35 bits per heavy atom. The molecule has 0 aliphatic carbocycles. The molecule has 0 radical (unpaired) electrons. The van der Waals surface area contributed by atoms with E-state index < -0.39 is 30.6 Å². The standard InChI is InChI=1S/C9H12N2O6/c12-7(13)4-17-11-5-1-2-6(8(14)15)10(3-5)9(11)16/h5-6H,1-4H2,(H,12,13)(H,14,15)/t5-,6+/m0/s1. The summed E-state index contributed by atoms with van der Waals surface area (Å²) < 4.78 is 0. The summed E-state index contributed by atoms with van der Waals surface area (Å²) in [6, 6.07) is -1.66. The molecular formula is C9H12N2O6. The third kappa shape index (κ3) is 2.03. The van der Waals surface area contributed by atoms with E-state index in [9.17, 15) is 14.4 Å². The van der Waals surface area contributed by atoms with Gasteiger partial charge in [-0.05, 0) is 12.8 Å². The lowest BCUT2D eigenvalue weighted by Gasteiger charge is -2.26. The number of hydrogen-bond donors (Lipinski definition) is 2. The first-order valence-electron chi connectivity index (χ1n) is 5.18. The Kier molecular flexibility index (Phi) is 2.88. The summed E-state index contributed by atoms with van der Waals surface area (Å²) in [6.07, 6.45) is 0.859. The van der Waals surface area contributed by atoms with Gasteiger partial charge in [-0.2, -0.15) is 5.06 Å². The van der Waals surface area contributed by atoms with Crippen LogP contribution in [0.1, 0.15) is 12.8 Å². The van der Waals surface area contributed by atoms with Crippen LogP contribution in [0.3, 0.4) is 0 Å². The van der Waals surface area contributed by atoms with Crippen LogP contribution in [0.4, 0.5) is 4.79 Å². The highest BCUT2D eigenvalue weighted by Gasteiger charge is 2.48. The quantitative estimate of drug-likeness (QED) is 0.680. The second-order valence-electron chi connectivity index (χ2n) is 4.01. The lowest BCUT2D eigenvalue weighted by Crippen LogP contribution is -2.44. The molecule has 0 spiro atoms. The van der Waals surface area contributed by atoms with Gasteiger partial charge in [-0.3, -0.25) is 4.84 Å². The van der Waals surface area contributed by atoms with Crippen LogP contribution in [0.25, 0.3) is 0 Å². The average Bonchev–Trinajstić information content (AvgIpc) is 2.49. The van der Waals surface area contributed by atoms with Crippen LogP contribution in [0.5, 0.6) is 0 Å². The predicted octanol–water partition coefficient (Wildman–Crippen LogP) is -0.644. The number of hydrogen-bond acceptors (Lipinski definition) is 4. The zero-order valence-corrected chi connectivity index (χ0v) is 8.90. The fourth-order valence-corrected chi connectivity index (χ4v) is 2.18. The Balaban J connectivity index is 2.06. The number of carboxylic acid groups (broad SMARTS) is 2. The molecule has 2 rings (SSSR count). The number of urea groups is 1. The smallest absolute Gasteiger partial charge is 0.345 e. The largest absolute Gasteiger partial charge is 0.480 e. The van der Waals surface area contributed by atoms with Crippen molar-refractivity contribution in [2.45, 2.75) is 24.9 Å². The molecule has 8 heteroatoms. The normalized spacial score (nSPS) is 27.4. The minimum Gasteiger partial charge on any atom is -0.480 e. The number of fused-ring (bicyclic) bond motifs is 2. The van der Waals surface area contributed by atoms with Crippen LogP contribution >= 0.6 is 0 Å². The third-order valence-electron chi connectivity index (χ3n) is 2.94. The average molecular weight is 244 g/mol. The Labute approximate surface area is 96.3 Å². The molecule has 0 aromatic rings. The van der Waals surface area contributed by atoms with Gasteiger partial charge in [0.15, 0.2) is 6.61 Å². The van der Waals surface area contributed by atoms with Crippen LogP contribution in [0.15, 0.2) is 0 Å². The monoisotopic (exact) mass is 244 g/mol. The van der Waals surface area contributed by atoms with E-state index in [1.807, 2.05) is 0 Å². The van der Waals surface area contributed by atoms with Gasteiger partial charge in [-0.25, -0.2) is 14.4 Å². The van der Waals surface area contributed by atoms with Gasteiger partial charge in [-0.15, -0.1) is 0 Å². The van der Waals surface area contributed by atoms with Gasteiger partial charge < -0.3 is 15.1 Å². The number of aliphatic carboxylic acids is 2. The molecule has 2 aliphatic rings. The summed E-state index contributed by atoms with van der Waals surface area (Å²) >= 11 is 0. The zero-order valence-electron chi connectivity index (χ0n) is 8.90. The van der Waals surface area contributed by atoms with E-state index in [2.05, 4.69) is 0 Å². The molecule has 2 aliphatic heterocycles. The van der Waals surface area contributed by atoms with Crippen molar-refractivity contribution in [2.75, 3.05) is 13.2 Å². The maximum absolute atomic E-state index is 11.8. The van der Waals surface area contributed by atoms with E-state index in [0.717, 1.165) is 5.06 Å². The van der Waals surface area contributed by atoms with Crippen molar-refractivity contribution in [3.63, 3.8) is 0 Å². The highest BCUT2D eigenvalue weighted by atomic mass is 16.7. The van der Waals surface area contributed by atoms with Crippen LogP contribution in [0, 0.1) is 0 Å². The van der Waals surface area contributed by atoms with Gasteiger partial charge in [0, 0.05) is 6.54 Å². The summed E-state index contributed by atoms with van der Waals surface area (Å²) in [5.41, 5.74) is 0. The molecule has 2 amide bonds. The van der Waals surface area contributed by atoms with Crippen molar-refractivity contribution in [1.29, 1.82) is 0 Å². The highest BCUT2D eigenvalue weighted by Crippen LogP contribution is 2.29. The summed E-state index contributed by atoms with van der Waals surface area (Å²) in [5, 5.41) is 18.4. The summed E-state index contributed by atoms with van der Waals surface area (Å²) in [7, 11) is 0. The fourth-order valence-electron chi connectivity index (χ4n) is 2.18. The molecule has 2 saturated heterocycles. The van der Waals surface area contributed by atoms with Gasteiger partial charge in [0.25, 0.3) is 0 Å². The number of hydroxylamine groups is 2. The molecule has 8 nitrogen and oxygen atoms in total. The summed E-state index contributed by atoms with van der Waals surface area (Å²) in [4.78, 5) is 39.1. The lowest BCUT2D eigenvalue weighted by atomic mass is 10.0. The van der Waals surface area contributed by atoms with Gasteiger partial charge in [-0.1, -0.05) is 0 Å². The second kappa shape index (κ2) is 4.21. The van der Waals surface area contributed by atoms with Crippen LogP contribution in [-0.4, -0.2) is 63.4 Å². The SMILES string of the molecule is O=C(O)CON1C(=O)N2C[C@@H]1CC[C@@H]2C(=O)O. The Morgan fingerprint density at radius 3 is 2.65 bits per heavy atom. The molecule has 0 saturated carbocycles. The van der Waals surface area contributed by atoms with Crippen molar-refractivity contribution >= 4 is 18.0 Å². The topological polar surface area (TPSA) is 107 Å². The van der Waals surface area contributed by atoms with E-state index >= 15 is 0 Å². The number of nitrogens with zero attached hydrogens (tertiary/aromatic N) is 2. The first-order valence-corrected chi connectivity index (χ1v) is 5.18. The Bertz CT molecular complexity index is 370. The number of amides is 2. The summed E-state index contributed by atoms with van der Waals surface area (Å²) in [5.74, 6) is -2.22. The van der Waals surface area contributed by atoms with E-state index in [4.69, 9.17) is 15.1 Å². The van der Waals surface area contributed by atoms with E-state index in [0.29, 0.717) is 12.8 Å². The van der Waals surface area contributed by atoms with Crippen LogP contribution < -0.4 is 0 Å². The third-order valence-corrected chi connectivity index (χ3v) is 2.94. The first kappa shape index (κ1) is 11.6. The molecule has 2 N–H and O–H groups in total. The van der Waals surface area contributed by atoms with Crippen molar-refractivity contribution in [1.82, 2.24) is 9.96 Å². The van der Waals surface area contributed by atoms with E-state index in [1.165, 1.54) is 4.90 Å². The van der Waals surface area contributed by atoms with Crippen LogP contribution in [-0.2, 0) is 14.4 Å². The van der Waals surface area contributed by atoms with Gasteiger partial charge in [0.05, 0.1) is 6.04 Å². The highest BCUT2D eigenvalue weighted by molar-refractivity contribution is 5.84. The van der Waals surface area contributed by atoms with Crippen molar-refractivity contribution < 1.29 is 29.4 Å². The number of rotatable bonds is 4. The van der Waals surface area contributed by atoms with Gasteiger partial charge in [0.2, 0.25) is 0 Å². The Hall–Kier alpha value is -1.83. The zero-order chi connectivity index (χ0) is 12.6. The molecule has 2 atom stereocenters. The van der Waals surface area contributed by atoms with E-state index in [-0.39, 0.29) is 12.6 Å². The van der Waals surface area contributed by atoms with Crippen molar-refractivity contribution in [3.8, 4) is 0 Å². The molecule has 0 unspecified atom stereocenters. The fraction of sp³-hybridized carbons (Fsp3) is 0.667. The molecular weight excluding hydrogens is 232 g/mol. The lowest BCUT2D eigenvalue weighted by molar-refractivity contribution is -0.167. The van der Waals surface area contributed by atoms with Gasteiger partial charge in [0.1, 0.15) is 6.04 Å². The number of carboxylic acids is 2. The molecule has 94 valence electrons. The number of piperidine rings is 1. The second-order valence-corrected chi connectivity index (χ2v) is 4.01. The first-order chi connectivity index (χ1) is 8.00. The maximum Gasteiger partial charge on any atom is 0.345 e. The molecule has 0 aromatic heterocycles. The number of carbonyl (C=O) groups is 3. The molecule has 2 fully saturated rings. The number of carbonyl (C=O) groups excluding carboxylic acids is 1. The predicted molar refractivity (Wildman–Crippen MR) is 52.0 cm³/mol. The molecule has 2 bridgehead atoms. The summed E-state index contributed by atoms with van der Waals surface area (Å²) in [6.45, 7) is -0.330. The van der Waals surface area contributed by atoms with E-state index in [1.54, 1.807) is 0 Å². The van der Waals surface area contributed by atoms with Crippen molar-refractivity contribution in [2.24, 2.45) is 0 Å². The van der Waals surface area contributed by atoms with Gasteiger partial charge >= 0.3 is 18.0 Å². The van der Waals surface area contributed by atoms with Crippen molar-refractivity contribution in [3.05, 3.63) is 0 Å². The Morgan fingerprint density at radius 2 is 2.06 bits per heavy atom. The molecule has 17 heavy (non-hydrogen) atoms. The molecule has 0 aromatic carbocycles. The van der Waals surface area contributed by atoms with Crippen LogP contribution in [0.2, 0.25) is 0 Å². The maximum atomic E-state index is 11.8.